The molecule has 19 heavy (non-hydrogen) atoms. The quantitative estimate of drug-likeness (QED) is 0.912. The van der Waals surface area contributed by atoms with Gasteiger partial charge in [-0.15, -0.1) is 11.3 Å². The van der Waals surface area contributed by atoms with Gasteiger partial charge in [-0.1, -0.05) is 6.07 Å². The molecule has 100 valence electrons. The van der Waals surface area contributed by atoms with Crippen LogP contribution in [0.3, 0.4) is 0 Å². The van der Waals surface area contributed by atoms with Crippen LogP contribution in [-0.4, -0.2) is 17.9 Å². The van der Waals surface area contributed by atoms with E-state index >= 15 is 0 Å². The summed E-state index contributed by atoms with van der Waals surface area (Å²) in [5.74, 6) is 0.0782. The maximum absolute atomic E-state index is 12.1. The van der Waals surface area contributed by atoms with E-state index in [1.54, 1.807) is 41.7 Å². The Morgan fingerprint density at radius 1 is 1.47 bits per heavy atom. The maximum atomic E-state index is 12.1. The molecule has 0 aliphatic carbocycles. The lowest BCUT2D eigenvalue weighted by Gasteiger charge is -2.18. The molecular weight excluding hydrogens is 258 g/mol. The van der Waals surface area contributed by atoms with E-state index in [4.69, 9.17) is 5.73 Å². The number of pyridine rings is 1. The maximum Gasteiger partial charge on any atom is 0.226 e. The minimum atomic E-state index is 0.0782. The molecule has 2 heterocycles. The molecule has 0 saturated heterocycles. The highest BCUT2D eigenvalue weighted by atomic mass is 32.1. The number of aromatic nitrogens is 1. The summed E-state index contributed by atoms with van der Waals surface area (Å²) in [4.78, 5) is 18.9. The molecule has 4 nitrogen and oxygen atoms in total. The van der Waals surface area contributed by atoms with Crippen molar-refractivity contribution >= 4 is 28.6 Å². The van der Waals surface area contributed by atoms with Crippen LogP contribution < -0.4 is 10.6 Å². The molecule has 0 fully saturated rings. The first-order chi connectivity index (χ1) is 9.18. The summed E-state index contributed by atoms with van der Waals surface area (Å²) >= 11 is 1.73. The molecule has 0 aliphatic heterocycles. The highest BCUT2D eigenvalue weighted by molar-refractivity contribution is 7.09. The van der Waals surface area contributed by atoms with Crippen LogP contribution in [0.2, 0.25) is 0 Å². The van der Waals surface area contributed by atoms with Gasteiger partial charge in [-0.2, -0.15) is 0 Å². The monoisotopic (exact) mass is 275 g/mol. The number of carbonyl (C=O) groups is 1. The van der Waals surface area contributed by atoms with Crippen molar-refractivity contribution in [2.75, 3.05) is 17.7 Å². The first-order valence-electron chi connectivity index (χ1n) is 6.17. The topological polar surface area (TPSA) is 59.2 Å². The van der Waals surface area contributed by atoms with Gasteiger partial charge in [-0.25, -0.2) is 0 Å². The molecule has 2 N–H and O–H groups in total. The number of anilines is 2. The summed E-state index contributed by atoms with van der Waals surface area (Å²) in [5, 5.41) is 2.06. The minimum Gasteiger partial charge on any atom is -0.396 e. The molecular formula is C14H17N3OS. The predicted octanol–water partition coefficient (Wildman–Crippen LogP) is 2.71. The standard InChI is InChI=1S/C14H17N3OS/c1-17(13-7-8-16-10-12(13)15)14(18)6-2-4-11-5-3-9-19-11/h3,5,7-10H,2,4,6,15H2,1H3. The van der Waals surface area contributed by atoms with Crippen molar-refractivity contribution in [2.45, 2.75) is 19.3 Å². The molecule has 1 amide bonds. The fraction of sp³-hybridized carbons (Fsp3) is 0.286. The molecule has 5 heteroatoms. The Kier molecular flexibility index (Phi) is 4.52. The number of carbonyl (C=O) groups excluding carboxylic acids is 1. The van der Waals surface area contributed by atoms with Crippen LogP contribution in [-0.2, 0) is 11.2 Å². The number of amides is 1. The number of nitrogens with zero attached hydrogens (tertiary/aromatic N) is 2. The number of rotatable bonds is 5. The first kappa shape index (κ1) is 13.5. The van der Waals surface area contributed by atoms with Crippen LogP contribution in [0.5, 0.6) is 0 Å². The average Bonchev–Trinajstić information content (AvgIpc) is 2.91. The van der Waals surface area contributed by atoms with Gasteiger partial charge in [-0.3, -0.25) is 9.78 Å². The third kappa shape index (κ3) is 3.54. The molecule has 2 rings (SSSR count). The predicted molar refractivity (Wildman–Crippen MR) is 79.3 cm³/mol. The summed E-state index contributed by atoms with van der Waals surface area (Å²) in [5.41, 5.74) is 7.05. The summed E-state index contributed by atoms with van der Waals surface area (Å²) < 4.78 is 0. The molecule has 0 unspecified atom stereocenters. The van der Waals surface area contributed by atoms with E-state index in [0.717, 1.165) is 18.5 Å². The van der Waals surface area contributed by atoms with Crippen molar-refractivity contribution in [3.05, 3.63) is 40.8 Å². The van der Waals surface area contributed by atoms with E-state index in [1.807, 2.05) is 6.07 Å². The van der Waals surface area contributed by atoms with Gasteiger partial charge in [0, 0.05) is 24.5 Å². The van der Waals surface area contributed by atoms with Crippen molar-refractivity contribution < 1.29 is 4.79 Å². The van der Waals surface area contributed by atoms with E-state index < -0.39 is 0 Å². The molecule has 0 bridgehead atoms. The van der Waals surface area contributed by atoms with Crippen molar-refractivity contribution in [3.8, 4) is 0 Å². The van der Waals surface area contributed by atoms with Gasteiger partial charge in [0.1, 0.15) is 0 Å². The number of aryl methyl sites for hydroxylation is 1. The zero-order valence-corrected chi connectivity index (χ0v) is 11.7. The largest absolute Gasteiger partial charge is 0.396 e. The fourth-order valence-corrected chi connectivity index (χ4v) is 2.63. The van der Waals surface area contributed by atoms with Crippen LogP contribution in [0.15, 0.2) is 36.0 Å². The van der Waals surface area contributed by atoms with Gasteiger partial charge in [-0.05, 0) is 30.4 Å². The highest BCUT2D eigenvalue weighted by Gasteiger charge is 2.12. The second-order valence-corrected chi connectivity index (χ2v) is 5.35. The van der Waals surface area contributed by atoms with E-state index in [0.29, 0.717) is 12.1 Å². The van der Waals surface area contributed by atoms with Gasteiger partial charge >= 0.3 is 0 Å². The second-order valence-electron chi connectivity index (χ2n) is 4.32. The Balaban J connectivity index is 1.87. The Hall–Kier alpha value is -1.88. The third-order valence-corrected chi connectivity index (χ3v) is 3.89. The number of nitrogen functional groups attached to an aromatic ring is 1. The highest BCUT2D eigenvalue weighted by Crippen LogP contribution is 2.21. The lowest BCUT2D eigenvalue weighted by atomic mass is 10.2. The Labute approximate surface area is 116 Å². The normalized spacial score (nSPS) is 10.4. The fourth-order valence-electron chi connectivity index (χ4n) is 1.88. The van der Waals surface area contributed by atoms with Crippen molar-refractivity contribution in [1.82, 2.24) is 4.98 Å². The number of thiophene rings is 1. The van der Waals surface area contributed by atoms with E-state index in [-0.39, 0.29) is 5.91 Å². The summed E-state index contributed by atoms with van der Waals surface area (Å²) in [6.07, 6.45) is 5.53. The molecule has 0 saturated carbocycles. The lowest BCUT2D eigenvalue weighted by Crippen LogP contribution is -2.26. The van der Waals surface area contributed by atoms with Gasteiger partial charge in [0.2, 0.25) is 5.91 Å². The van der Waals surface area contributed by atoms with E-state index in [9.17, 15) is 4.79 Å². The molecule has 2 aromatic heterocycles. The summed E-state index contributed by atoms with van der Waals surface area (Å²) in [6.45, 7) is 0. The Morgan fingerprint density at radius 2 is 2.32 bits per heavy atom. The Morgan fingerprint density at radius 3 is 3.00 bits per heavy atom. The first-order valence-corrected chi connectivity index (χ1v) is 7.05. The number of hydrogen-bond acceptors (Lipinski definition) is 4. The molecule has 0 spiro atoms. The SMILES string of the molecule is CN(C(=O)CCCc1cccs1)c1ccncc1N. The van der Waals surface area contributed by atoms with Crippen LogP contribution in [0.1, 0.15) is 17.7 Å². The zero-order valence-electron chi connectivity index (χ0n) is 10.9. The van der Waals surface area contributed by atoms with Crippen LogP contribution >= 0.6 is 11.3 Å². The molecule has 0 aromatic carbocycles. The van der Waals surface area contributed by atoms with Crippen LogP contribution in [0.4, 0.5) is 11.4 Å². The van der Waals surface area contributed by atoms with Gasteiger partial charge in [0.25, 0.3) is 0 Å². The van der Waals surface area contributed by atoms with Gasteiger partial charge in [0.05, 0.1) is 17.6 Å². The number of nitrogens with two attached hydrogens (primary N) is 1. The molecule has 0 atom stereocenters. The third-order valence-electron chi connectivity index (χ3n) is 2.96. The van der Waals surface area contributed by atoms with Crippen LogP contribution in [0, 0.1) is 0 Å². The minimum absolute atomic E-state index is 0.0782. The number of hydrogen-bond donors (Lipinski definition) is 1. The lowest BCUT2D eigenvalue weighted by molar-refractivity contribution is -0.118. The summed E-state index contributed by atoms with van der Waals surface area (Å²) in [7, 11) is 1.75. The van der Waals surface area contributed by atoms with Crippen molar-refractivity contribution in [1.29, 1.82) is 0 Å². The molecule has 0 radical (unpaired) electrons. The van der Waals surface area contributed by atoms with Crippen molar-refractivity contribution in [2.24, 2.45) is 0 Å². The van der Waals surface area contributed by atoms with Crippen molar-refractivity contribution in [3.63, 3.8) is 0 Å². The van der Waals surface area contributed by atoms with E-state index in [1.165, 1.54) is 4.88 Å². The molecule has 2 aromatic rings. The van der Waals surface area contributed by atoms with E-state index in [2.05, 4.69) is 16.4 Å². The molecule has 0 aliphatic rings. The van der Waals surface area contributed by atoms with Gasteiger partial charge < -0.3 is 10.6 Å². The van der Waals surface area contributed by atoms with Crippen LogP contribution in [0.25, 0.3) is 0 Å². The Bertz CT molecular complexity index is 539. The second kappa shape index (κ2) is 6.33. The smallest absolute Gasteiger partial charge is 0.226 e. The average molecular weight is 275 g/mol. The van der Waals surface area contributed by atoms with Gasteiger partial charge in [0.15, 0.2) is 0 Å². The zero-order chi connectivity index (χ0) is 13.7. The summed E-state index contributed by atoms with van der Waals surface area (Å²) in [6, 6.07) is 5.89.